The molecule has 1 atom stereocenters. The molecule has 1 aliphatic carbocycles. The zero-order chi connectivity index (χ0) is 14.8. The Morgan fingerprint density at radius 2 is 2.19 bits per heavy atom. The molecule has 0 bridgehead atoms. The molecule has 0 fully saturated rings. The molecule has 2 N–H and O–H groups in total. The minimum absolute atomic E-state index is 0.143. The number of carboxylic acids is 1. The van der Waals surface area contributed by atoms with Gasteiger partial charge in [-0.25, -0.2) is 14.8 Å². The van der Waals surface area contributed by atoms with Gasteiger partial charge in [-0.05, 0) is 37.3 Å². The van der Waals surface area contributed by atoms with Crippen LogP contribution in [0.1, 0.15) is 46.1 Å². The Balaban J connectivity index is 1.85. The predicted molar refractivity (Wildman–Crippen MR) is 79.5 cm³/mol. The molecule has 21 heavy (non-hydrogen) atoms. The summed E-state index contributed by atoms with van der Waals surface area (Å²) in [6.07, 6.45) is 4.62. The highest BCUT2D eigenvalue weighted by atomic mass is 16.4. The third-order valence-electron chi connectivity index (χ3n) is 3.88. The topological polar surface area (TPSA) is 75.1 Å². The van der Waals surface area contributed by atoms with Crippen molar-refractivity contribution in [3.8, 4) is 0 Å². The Kier molecular flexibility index (Phi) is 3.56. The number of carbonyl (C=O) groups is 1. The third-order valence-corrected chi connectivity index (χ3v) is 3.88. The molecule has 0 radical (unpaired) electrons. The zero-order valence-corrected chi connectivity index (χ0v) is 11.8. The summed E-state index contributed by atoms with van der Waals surface area (Å²) < 4.78 is 0. The lowest BCUT2D eigenvalue weighted by Gasteiger charge is -2.26. The fourth-order valence-corrected chi connectivity index (χ4v) is 2.81. The maximum Gasteiger partial charge on any atom is 0.339 e. The Morgan fingerprint density at radius 3 is 2.95 bits per heavy atom. The molecule has 1 heterocycles. The largest absolute Gasteiger partial charge is 0.478 e. The lowest BCUT2D eigenvalue weighted by molar-refractivity contribution is 0.0695. The molecule has 1 aromatic heterocycles. The van der Waals surface area contributed by atoms with E-state index in [1.165, 1.54) is 17.3 Å². The van der Waals surface area contributed by atoms with Gasteiger partial charge in [0.15, 0.2) is 0 Å². The first-order valence-electron chi connectivity index (χ1n) is 7.06. The lowest BCUT2D eigenvalue weighted by atomic mass is 9.88. The SMILES string of the molecule is Cc1nc(NC2CCCc3ccccc32)ncc1C(=O)O. The summed E-state index contributed by atoms with van der Waals surface area (Å²) in [5, 5.41) is 12.3. The van der Waals surface area contributed by atoms with E-state index in [4.69, 9.17) is 5.11 Å². The first-order valence-corrected chi connectivity index (χ1v) is 7.06. The maximum atomic E-state index is 11.0. The van der Waals surface area contributed by atoms with Crippen molar-refractivity contribution in [1.82, 2.24) is 9.97 Å². The summed E-state index contributed by atoms with van der Waals surface area (Å²) in [6, 6.07) is 8.57. The van der Waals surface area contributed by atoms with Crippen molar-refractivity contribution in [3.05, 3.63) is 52.8 Å². The standard InChI is InChI=1S/C16H17N3O2/c1-10-13(15(20)21)9-17-16(18-10)19-14-8-4-6-11-5-2-3-7-12(11)14/h2-3,5,7,9,14H,4,6,8H2,1H3,(H,20,21)(H,17,18,19). The van der Waals surface area contributed by atoms with Crippen molar-refractivity contribution in [1.29, 1.82) is 0 Å². The van der Waals surface area contributed by atoms with Gasteiger partial charge in [-0.3, -0.25) is 0 Å². The number of rotatable bonds is 3. The van der Waals surface area contributed by atoms with Gasteiger partial charge in [-0.1, -0.05) is 24.3 Å². The Hall–Kier alpha value is -2.43. The second-order valence-corrected chi connectivity index (χ2v) is 5.29. The molecule has 108 valence electrons. The minimum Gasteiger partial charge on any atom is -0.478 e. The maximum absolute atomic E-state index is 11.0. The summed E-state index contributed by atoms with van der Waals surface area (Å²) in [6.45, 7) is 1.69. The van der Waals surface area contributed by atoms with Gasteiger partial charge in [0.05, 0.1) is 17.3 Å². The number of benzene rings is 1. The van der Waals surface area contributed by atoms with Crippen molar-refractivity contribution in [2.45, 2.75) is 32.2 Å². The van der Waals surface area contributed by atoms with Crippen LogP contribution in [0.25, 0.3) is 0 Å². The molecule has 1 aliphatic rings. The van der Waals surface area contributed by atoms with Crippen LogP contribution in [-0.2, 0) is 6.42 Å². The fraction of sp³-hybridized carbons (Fsp3) is 0.312. The first kappa shape index (κ1) is 13.5. The predicted octanol–water partition coefficient (Wildman–Crippen LogP) is 2.97. The van der Waals surface area contributed by atoms with Gasteiger partial charge >= 0.3 is 5.97 Å². The van der Waals surface area contributed by atoms with Crippen LogP contribution in [0.3, 0.4) is 0 Å². The van der Waals surface area contributed by atoms with Crippen LogP contribution in [0.2, 0.25) is 0 Å². The van der Waals surface area contributed by atoms with Crippen molar-refractivity contribution >= 4 is 11.9 Å². The van der Waals surface area contributed by atoms with Crippen LogP contribution in [-0.4, -0.2) is 21.0 Å². The van der Waals surface area contributed by atoms with Gasteiger partial charge in [0.25, 0.3) is 0 Å². The first-order chi connectivity index (χ1) is 10.1. The van der Waals surface area contributed by atoms with Crippen LogP contribution in [0.5, 0.6) is 0 Å². The lowest BCUT2D eigenvalue weighted by Crippen LogP contribution is -2.19. The van der Waals surface area contributed by atoms with Crippen LogP contribution >= 0.6 is 0 Å². The van der Waals surface area contributed by atoms with E-state index in [9.17, 15) is 4.79 Å². The van der Waals surface area contributed by atoms with E-state index < -0.39 is 5.97 Å². The highest BCUT2D eigenvalue weighted by Gasteiger charge is 2.20. The summed E-state index contributed by atoms with van der Waals surface area (Å²) in [7, 11) is 0. The summed E-state index contributed by atoms with van der Waals surface area (Å²) in [4.78, 5) is 19.4. The number of nitrogens with zero attached hydrogens (tertiary/aromatic N) is 2. The summed E-state index contributed by atoms with van der Waals surface area (Å²) in [5.74, 6) is -0.513. The molecular formula is C16H17N3O2. The third kappa shape index (κ3) is 2.72. The average molecular weight is 283 g/mol. The Labute approximate surface area is 123 Å². The second kappa shape index (κ2) is 5.52. The second-order valence-electron chi connectivity index (χ2n) is 5.29. The Bertz CT molecular complexity index is 685. The smallest absolute Gasteiger partial charge is 0.339 e. The number of hydrogen-bond donors (Lipinski definition) is 2. The number of fused-ring (bicyclic) bond motifs is 1. The van der Waals surface area contributed by atoms with Crippen molar-refractivity contribution in [2.75, 3.05) is 5.32 Å². The number of aromatic nitrogens is 2. The van der Waals surface area contributed by atoms with Crippen LogP contribution in [0, 0.1) is 6.92 Å². The van der Waals surface area contributed by atoms with Gasteiger partial charge in [0, 0.05) is 6.20 Å². The van der Waals surface area contributed by atoms with Gasteiger partial charge < -0.3 is 10.4 Å². The monoisotopic (exact) mass is 283 g/mol. The molecule has 1 unspecified atom stereocenters. The van der Waals surface area contributed by atoms with E-state index in [1.54, 1.807) is 6.92 Å². The van der Waals surface area contributed by atoms with Crippen LogP contribution in [0.15, 0.2) is 30.5 Å². The molecule has 0 spiro atoms. The molecule has 0 amide bonds. The van der Waals surface area contributed by atoms with E-state index in [0.717, 1.165) is 19.3 Å². The molecule has 0 saturated heterocycles. The number of nitrogens with one attached hydrogen (secondary N) is 1. The molecule has 5 nitrogen and oxygen atoms in total. The Morgan fingerprint density at radius 1 is 1.38 bits per heavy atom. The van der Waals surface area contributed by atoms with Gasteiger partial charge in [0.1, 0.15) is 0 Å². The van der Waals surface area contributed by atoms with Crippen molar-refractivity contribution in [3.63, 3.8) is 0 Å². The van der Waals surface area contributed by atoms with Gasteiger partial charge in [-0.2, -0.15) is 0 Å². The molecule has 5 heteroatoms. The summed E-state index contributed by atoms with van der Waals surface area (Å²) in [5.41, 5.74) is 3.26. The zero-order valence-electron chi connectivity index (χ0n) is 11.8. The van der Waals surface area contributed by atoms with Crippen LogP contribution in [0.4, 0.5) is 5.95 Å². The number of anilines is 1. The average Bonchev–Trinajstić information content (AvgIpc) is 2.47. The van der Waals surface area contributed by atoms with Gasteiger partial charge in [0.2, 0.25) is 5.95 Å². The van der Waals surface area contributed by atoms with E-state index in [-0.39, 0.29) is 11.6 Å². The normalized spacial score (nSPS) is 17.1. The number of aromatic carboxylic acids is 1. The van der Waals surface area contributed by atoms with E-state index >= 15 is 0 Å². The molecule has 3 rings (SSSR count). The molecular weight excluding hydrogens is 266 g/mol. The molecule has 1 aromatic carbocycles. The number of carboxylic acid groups (broad SMARTS) is 1. The highest BCUT2D eigenvalue weighted by Crippen LogP contribution is 2.31. The molecule has 0 aliphatic heterocycles. The number of aryl methyl sites for hydroxylation is 2. The summed E-state index contributed by atoms with van der Waals surface area (Å²) >= 11 is 0. The molecule has 2 aromatic rings. The van der Waals surface area contributed by atoms with Gasteiger partial charge in [-0.15, -0.1) is 0 Å². The van der Waals surface area contributed by atoms with Crippen molar-refractivity contribution in [2.24, 2.45) is 0 Å². The minimum atomic E-state index is -0.998. The molecule has 0 saturated carbocycles. The van der Waals surface area contributed by atoms with Crippen LogP contribution < -0.4 is 5.32 Å². The quantitative estimate of drug-likeness (QED) is 0.905. The van der Waals surface area contributed by atoms with E-state index in [0.29, 0.717) is 11.6 Å². The number of hydrogen-bond acceptors (Lipinski definition) is 4. The van der Waals surface area contributed by atoms with E-state index in [2.05, 4.69) is 33.5 Å². The van der Waals surface area contributed by atoms with Crippen molar-refractivity contribution < 1.29 is 9.90 Å². The highest BCUT2D eigenvalue weighted by molar-refractivity contribution is 5.88. The fourth-order valence-electron chi connectivity index (χ4n) is 2.81. The van der Waals surface area contributed by atoms with E-state index in [1.807, 2.05) is 6.07 Å².